The number of aromatic nitrogens is 2. The predicted octanol–water partition coefficient (Wildman–Crippen LogP) is 2.58. The van der Waals surface area contributed by atoms with Crippen molar-refractivity contribution < 1.29 is 9.34 Å². The van der Waals surface area contributed by atoms with Crippen molar-refractivity contribution in [1.82, 2.24) is 9.97 Å². The van der Waals surface area contributed by atoms with E-state index in [1.54, 1.807) is 18.4 Å². The maximum Gasteiger partial charge on any atom is 0.353 e. The maximum atomic E-state index is 11.5. The molecular weight excluding hydrogens is 286 g/mol. The molecule has 3 heterocycles. The lowest BCUT2D eigenvalue weighted by Gasteiger charge is -2.27. The van der Waals surface area contributed by atoms with Gasteiger partial charge in [0.1, 0.15) is 12.1 Å². The number of nitro groups is 1. The van der Waals surface area contributed by atoms with Crippen molar-refractivity contribution in [2.75, 3.05) is 23.3 Å². The molecule has 3 rings (SSSR count). The number of hydrogen-bond acceptors (Lipinski definition) is 7. The summed E-state index contributed by atoms with van der Waals surface area (Å²) in [6.45, 7) is 1.91. The fraction of sp³-hybridized carbons (Fsp3) is 0.429. The minimum absolute atomic E-state index is 0.0732. The topological polar surface area (TPSA) is 97.3 Å². The van der Waals surface area contributed by atoms with Crippen LogP contribution in [0.1, 0.15) is 25.0 Å². The molecule has 2 aromatic heterocycles. The van der Waals surface area contributed by atoms with Crippen LogP contribution in [0.2, 0.25) is 0 Å². The normalized spacial score (nSPS) is 14.8. The molecule has 8 nitrogen and oxygen atoms in total. The Hall–Kier alpha value is -2.64. The molecule has 8 heteroatoms. The minimum atomic E-state index is -0.422. The molecule has 1 aliphatic heterocycles. The molecule has 1 fully saturated rings. The van der Waals surface area contributed by atoms with E-state index in [0.29, 0.717) is 18.1 Å². The van der Waals surface area contributed by atoms with Crippen LogP contribution < -0.4 is 10.2 Å². The van der Waals surface area contributed by atoms with E-state index in [2.05, 4.69) is 15.3 Å². The largest absolute Gasteiger partial charge is 0.467 e. The quantitative estimate of drug-likeness (QED) is 0.669. The first-order chi connectivity index (χ1) is 10.8. The van der Waals surface area contributed by atoms with Crippen molar-refractivity contribution in [2.45, 2.75) is 25.8 Å². The standard InChI is InChI=1S/C14H17N5O3/c20-19(21)12-13(15-9-11-5-4-8-22-11)16-10-17-14(12)18-6-2-1-3-7-18/h4-5,8,10H,1-3,6-7,9H2,(H,15,16,17). The van der Waals surface area contributed by atoms with E-state index in [0.717, 1.165) is 32.4 Å². The van der Waals surface area contributed by atoms with Gasteiger partial charge in [-0.15, -0.1) is 0 Å². The molecule has 0 spiro atoms. The average Bonchev–Trinajstić information content (AvgIpc) is 3.06. The molecule has 22 heavy (non-hydrogen) atoms. The van der Waals surface area contributed by atoms with Crippen LogP contribution in [0.5, 0.6) is 0 Å². The Morgan fingerprint density at radius 3 is 2.82 bits per heavy atom. The van der Waals surface area contributed by atoms with E-state index < -0.39 is 4.92 Å². The smallest absolute Gasteiger partial charge is 0.353 e. The van der Waals surface area contributed by atoms with Gasteiger partial charge in [0, 0.05) is 13.1 Å². The number of nitrogens with one attached hydrogen (secondary N) is 1. The predicted molar refractivity (Wildman–Crippen MR) is 80.8 cm³/mol. The monoisotopic (exact) mass is 303 g/mol. The summed E-state index contributed by atoms with van der Waals surface area (Å²) in [5, 5.41) is 14.4. The van der Waals surface area contributed by atoms with Crippen LogP contribution in [0.3, 0.4) is 0 Å². The van der Waals surface area contributed by atoms with Crippen molar-refractivity contribution in [3.05, 3.63) is 40.6 Å². The summed E-state index contributed by atoms with van der Waals surface area (Å²) in [5.74, 6) is 1.30. The zero-order chi connectivity index (χ0) is 15.4. The van der Waals surface area contributed by atoms with Gasteiger partial charge in [0.2, 0.25) is 11.6 Å². The van der Waals surface area contributed by atoms with Gasteiger partial charge in [-0.1, -0.05) is 0 Å². The highest BCUT2D eigenvalue weighted by Crippen LogP contribution is 2.33. The highest BCUT2D eigenvalue weighted by molar-refractivity contribution is 5.70. The third kappa shape index (κ3) is 3.00. The lowest BCUT2D eigenvalue weighted by atomic mass is 10.1. The molecule has 0 aromatic carbocycles. The third-order valence-electron chi connectivity index (χ3n) is 3.65. The number of nitrogens with zero attached hydrogens (tertiary/aromatic N) is 4. The van der Waals surface area contributed by atoms with E-state index in [1.165, 1.54) is 6.33 Å². The number of rotatable bonds is 5. The van der Waals surface area contributed by atoms with Gasteiger partial charge < -0.3 is 14.6 Å². The summed E-state index contributed by atoms with van der Waals surface area (Å²) >= 11 is 0. The number of furan rings is 1. The Bertz CT molecular complexity index is 638. The molecular formula is C14H17N5O3. The highest BCUT2D eigenvalue weighted by atomic mass is 16.6. The lowest BCUT2D eigenvalue weighted by molar-refractivity contribution is -0.383. The molecule has 1 saturated heterocycles. The van der Waals surface area contributed by atoms with Crippen LogP contribution in [-0.4, -0.2) is 28.0 Å². The Morgan fingerprint density at radius 2 is 2.14 bits per heavy atom. The minimum Gasteiger partial charge on any atom is -0.467 e. The van der Waals surface area contributed by atoms with Gasteiger partial charge in [0.05, 0.1) is 17.7 Å². The van der Waals surface area contributed by atoms with Crippen LogP contribution in [0.25, 0.3) is 0 Å². The molecule has 116 valence electrons. The zero-order valence-corrected chi connectivity index (χ0v) is 12.1. The first-order valence-electron chi connectivity index (χ1n) is 7.26. The van der Waals surface area contributed by atoms with Crippen LogP contribution >= 0.6 is 0 Å². The van der Waals surface area contributed by atoms with E-state index in [1.807, 2.05) is 4.90 Å². The van der Waals surface area contributed by atoms with Gasteiger partial charge in [0.15, 0.2) is 0 Å². The summed E-state index contributed by atoms with van der Waals surface area (Å²) in [7, 11) is 0. The Kier molecular flexibility index (Phi) is 4.17. The van der Waals surface area contributed by atoms with Gasteiger partial charge in [0.25, 0.3) is 0 Å². The third-order valence-corrected chi connectivity index (χ3v) is 3.65. The second kappa shape index (κ2) is 6.42. The van der Waals surface area contributed by atoms with Crippen LogP contribution in [0.15, 0.2) is 29.1 Å². The Morgan fingerprint density at radius 1 is 1.32 bits per heavy atom. The molecule has 0 atom stereocenters. The van der Waals surface area contributed by atoms with Crippen molar-refractivity contribution in [3.63, 3.8) is 0 Å². The number of hydrogen-bond donors (Lipinski definition) is 1. The van der Waals surface area contributed by atoms with Crippen molar-refractivity contribution in [2.24, 2.45) is 0 Å². The molecule has 0 radical (unpaired) electrons. The van der Waals surface area contributed by atoms with Crippen LogP contribution in [0.4, 0.5) is 17.3 Å². The van der Waals surface area contributed by atoms with Gasteiger partial charge in [-0.25, -0.2) is 9.97 Å². The molecule has 2 aromatic rings. The van der Waals surface area contributed by atoms with E-state index in [4.69, 9.17) is 4.42 Å². The average molecular weight is 303 g/mol. The number of anilines is 2. The van der Waals surface area contributed by atoms with Crippen molar-refractivity contribution >= 4 is 17.3 Å². The van der Waals surface area contributed by atoms with Crippen molar-refractivity contribution in [3.8, 4) is 0 Å². The lowest BCUT2D eigenvalue weighted by Crippen LogP contribution is -2.31. The van der Waals surface area contributed by atoms with Gasteiger partial charge in [-0.3, -0.25) is 10.1 Å². The Balaban J connectivity index is 1.86. The molecule has 0 aliphatic carbocycles. The zero-order valence-electron chi connectivity index (χ0n) is 12.1. The molecule has 0 amide bonds. The second-order valence-corrected chi connectivity index (χ2v) is 5.13. The van der Waals surface area contributed by atoms with Gasteiger partial charge in [-0.2, -0.15) is 0 Å². The second-order valence-electron chi connectivity index (χ2n) is 5.13. The Labute approximate surface area is 127 Å². The fourth-order valence-corrected chi connectivity index (χ4v) is 2.59. The molecule has 1 N–H and O–H groups in total. The summed E-state index contributed by atoms with van der Waals surface area (Å²) in [5.41, 5.74) is -0.0732. The van der Waals surface area contributed by atoms with Gasteiger partial charge >= 0.3 is 5.69 Å². The number of piperidine rings is 1. The first-order valence-corrected chi connectivity index (χ1v) is 7.26. The highest BCUT2D eigenvalue weighted by Gasteiger charge is 2.27. The first kappa shape index (κ1) is 14.3. The van der Waals surface area contributed by atoms with E-state index in [9.17, 15) is 10.1 Å². The SMILES string of the molecule is O=[N+]([O-])c1c(NCc2ccco2)ncnc1N1CCCCC1. The van der Waals surface area contributed by atoms with Crippen molar-refractivity contribution in [1.29, 1.82) is 0 Å². The van der Waals surface area contributed by atoms with Crippen LogP contribution in [-0.2, 0) is 6.54 Å². The molecule has 1 aliphatic rings. The summed E-state index contributed by atoms with van der Waals surface area (Å²) in [6.07, 6.45) is 6.12. The summed E-state index contributed by atoms with van der Waals surface area (Å²) < 4.78 is 5.22. The maximum absolute atomic E-state index is 11.5. The van der Waals surface area contributed by atoms with E-state index in [-0.39, 0.29) is 11.5 Å². The van der Waals surface area contributed by atoms with E-state index >= 15 is 0 Å². The summed E-state index contributed by atoms with van der Waals surface area (Å²) in [4.78, 5) is 21.2. The van der Waals surface area contributed by atoms with Gasteiger partial charge in [-0.05, 0) is 31.4 Å². The summed E-state index contributed by atoms with van der Waals surface area (Å²) in [6, 6.07) is 3.57. The molecule has 0 saturated carbocycles. The molecule has 0 unspecified atom stereocenters. The van der Waals surface area contributed by atoms with Crippen LogP contribution in [0, 0.1) is 10.1 Å². The molecule has 0 bridgehead atoms. The fourth-order valence-electron chi connectivity index (χ4n) is 2.59.